The number of carboxylic acids is 1. The fourth-order valence-corrected chi connectivity index (χ4v) is 2.85. The third kappa shape index (κ3) is 3.98. The minimum atomic E-state index is -0.798. The van der Waals surface area contributed by atoms with Crippen molar-refractivity contribution in [2.75, 3.05) is 19.3 Å². The van der Waals surface area contributed by atoms with Gasteiger partial charge in [0.05, 0.1) is 5.75 Å². The van der Waals surface area contributed by atoms with Gasteiger partial charge in [-0.25, -0.2) is 4.98 Å². The smallest absolute Gasteiger partial charge is 0.313 e. The molecule has 0 aliphatic heterocycles. The van der Waals surface area contributed by atoms with Gasteiger partial charge in [0.15, 0.2) is 5.16 Å². The minimum Gasteiger partial charge on any atom is -0.481 e. The van der Waals surface area contributed by atoms with Gasteiger partial charge in [-0.2, -0.15) is 0 Å². The first-order valence-corrected chi connectivity index (χ1v) is 7.69. The number of carbonyl (C=O) groups is 1. The highest BCUT2D eigenvalue weighted by Gasteiger charge is 2.25. The van der Waals surface area contributed by atoms with Crippen LogP contribution in [0.3, 0.4) is 0 Å². The van der Waals surface area contributed by atoms with Crippen molar-refractivity contribution in [2.24, 2.45) is 0 Å². The number of hydrogen-bond donors (Lipinski definition) is 1. The first kappa shape index (κ1) is 14.4. The van der Waals surface area contributed by atoms with Gasteiger partial charge in [0.25, 0.3) is 0 Å². The minimum absolute atomic E-state index is 0.0681. The van der Waals surface area contributed by atoms with Crippen molar-refractivity contribution < 1.29 is 9.90 Å². The summed E-state index contributed by atoms with van der Waals surface area (Å²) in [6, 6.07) is 0.753. The number of hydrogen-bond acceptors (Lipinski definition) is 4. The highest BCUT2D eigenvalue weighted by molar-refractivity contribution is 7.99. The molecule has 0 saturated heterocycles. The lowest BCUT2D eigenvalue weighted by molar-refractivity contribution is -0.133. The first-order chi connectivity index (χ1) is 9.11. The van der Waals surface area contributed by atoms with E-state index in [0.29, 0.717) is 0 Å². The van der Waals surface area contributed by atoms with E-state index in [1.54, 1.807) is 0 Å². The van der Waals surface area contributed by atoms with Crippen molar-refractivity contribution in [1.29, 1.82) is 0 Å². The molecule has 5 nitrogen and oxygen atoms in total. The van der Waals surface area contributed by atoms with Crippen molar-refractivity contribution in [2.45, 2.75) is 43.9 Å². The van der Waals surface area contributed by atoms with Crippen molar-refractivity contribution in [3.05, 3.63) is 11.9 Å². The van der Waals surface area contributed by atoms with Crippen LogP contribution < -0.4 is 0 Å². The van der Waals surface area contributed by atoms with Crippen LogP contribution in [0.5, 0.6) is 0 Å². The predicted octanol–water partition coefficient (Wildman–Crippen LogP) is 1.72. The monoisotopic (exact) mass is 283 g/mol. The first-order valence-electron chi connectivity index (χ1n) is 6.71. The zero-order valence-corrected chi connectivity index (χ0v) is 12.3. The van der Waals surface area contributed by atoms with E-state index in [2.05, 4.69) is 28.4 Å². The van der Waals surface area contributed by atoms with Gasteiger partial charge < -0.3 is 14.6 Å². The summed E-state index contributed by atoms with van der Waals surface area (Å²) in [4.78, 5) is 17.4. The number of aliphatic carboxylic acids is 1. The summed E-state index contributed by atoms with van der Waals surface area (Å²) in [6.07, 6.45) is 5.40. The Labute approximate surface area is 118 Å². The number of aryl methyl sites for hydroxylation is 1. The average Bonchev–Trinajstić information content (AvgIpc) is 3.15. The summed E-state index contributed by atoms with van der Waals surface area (Å²) in [6.45, 7) is 3.98. The zero-order chi connectivity index (χ0) is 13.8. The molecule has 0 bridgehead atoms. The Hall–Kier alpha value is -1.01. The molecule has 1 aromatic heterocycles. The highest BCUT2D eigenvalue weighted by Crippen LogP contribution is 2.25. The van der Waals surface area contributed by atoms with Gasteiger partial charge in [0, 0.05) is 31.0 Å². The summed E-state index contributed by atoms with van der Waals surface area (Å²) >= 11 is 1.30. The molecular weight excluding hydrogens is 262 g/mol. The summed E-state index contributed by atoms with van der Waals surface area (Å²) in [7, 11) is 2.16. The molecule has 0 radical (unpaired) electrons. The summed E-state index contributed by atoms with van der Waals surface area (Å²) in [5, 5.41) is 9.59. The normalized spacial score (nSPS) is 15.1. The number of rotatable bonds is 8. The molecule has 1 aliphatic carbocycles. The van der Waals surface area contributed by atoms with Crippen LogP contribution in [0.4, 0.5) is 0 Å². The van der Waals surface area contributed by atoms with Crippen LogP contribution >= 0.6 is 11.8 Å². The van der Waals surface area contributed by atoms with Crippen LogP contribution in [-0.4, -0.2) is 50.9 Å². The maximum atomic E-state index is 10.7. The van der Waals surface area contributed by atoms with Crippen molar-refractivity contribution >= 4 is 17.7 Å². The summed E-state index contributed by atoms with van der Waals surface area (Å²) in [5.74, 6) is -0.730. The highest BCUT2D eigenvalue weighted by atomic mass is 32.2. The van der Waals surface area contributed by atoms with E-state index >= 15 is 0 Å². The Balaban J connectivity index is 1.98. The number of aromatic nitrogens is 2. The fraction of sp³-hybridized carbons (Fsp3) is 0.692. The van der Waals surface area contributed by atoms with E-state index in [1.807, 2.05) is 6.20 Å². The van der Waals surface area contributed by atoms with E-state index in [0.717, 1.165) is 30.7 Å². The molecule has 0 spiro atoms. The van der Waals surface area contributed by atoms with Crippen LogP contribution in [0.1, 0.15) is 25.5 Å². The molecule has 1 saturated carbocycles. The maximum Gasteiger partial charge on any atom is 0.313 e. The SMILES string of the molecule is CCc1cnc(SCC(=O)O)n1CCN(C)C1CC1. The number of carboxylic acid groups (broad SMARTS) is 1. The Kier molecular flexibility index (Phi) is 4.87. The van der Waals surface area contributed by atoms with Crippen LogP contribution in [0.2, 0.25) is 0 Å². The van der Waals surface area contributed by atoms with E-state index in [4.69, 9.17) is 5.11 Å². The Bertz CT molecular complexity index is 443. The predicted molar refractivity (Wildman–Crippen MR) is 75.6 cm³/mol. The molecular formula is C13H21N3O2S. The molecule has 1 N–H and O–H groups in total. The Morgan fingerprint density at radius 3 is 2.95 bits per heavy atom. The number of imidazole rings is 1. The molecule has 0 aromatic carbocycles. The van der Waals surface area contributed by atoms with E-state index in [9.17, 15) is 4.79 Å². The lowest BCUT2D eigenvalue weighted by atomic mass is 10.3. The molecule has 0 unspecified atom stereocenters. The van der Waals surface area contributed by atoms with Gasteiger partial charge in [0.1, 0.15) is 0 Å². The van der Waals surface area contributed by atoms with Crippen LogP contribution in [0.25, 0.3) is 0 Å². The van der Waals surface area contributed by atoms with Gasteiger partial charge in [-0.05, 0) is 26.3 Å². The second kappa shape index (κ2) is 6.43. The topological polar surface area (TPSA) is 58.4 Å². The third-order valence-electron chi connectivity index (χ3n) is 3.44. The molecule has 6 heteroatoms. The van der Waals surface area contributed by atoms with Crippen molar-refractivity contribution in [3.63, 3.8) is 0 Å². The molecule has 1 heterocycles. The molecule has 2 rings (SSSR count). The quantitative estimate of drug-likeness (QED) is 0.736. The van der Waals surface area contributed by atoms with Gasteiger partial charge in [0.2, 0.25) is 0 Å². The second-order valence-electron chi connectivity index (χ2n) is 4.93. The lowest BCUT2D eigenvalue weighted by Gasteiger charge is -2.18. The third-order valence-corrected chi connectivity index (χ3v) is 4.41. The van der Waals surface area contributed by atoms with E-state index in [1.165, 1.54) is 30.3 Å². The molecule has 1 fully saturated rings. The van der Waals surface area contributed by atoms with Crippen molar-refractivity contribution in [1.82, 2.24) is 14.5 Å². The number of thioether (sulfide) groups is 1. The van der Waals surface area contributed by atoms with Gasteiger partial charge in [-0.3, -0.25) is 4.79 Å². The molecule has 0 amide bonds. The molecule has 0 atom stereocenters. The van der Waals surface area contributed by atoms with E-state index in [-0.39, 0.29) is 5.75 Å². The largest absolute Gasteiger partial charge is 0.481 e. The van der Waals surface area contributed by atoms with Crippen LogP contribution in [0, 0.1) is 0 Å². The number of nitrogens with zero attached hydrogens (tertiary/aromatic N) is 3. The Morgan fingerprint density at radius 1 is 1.63 bits per heavy atom. The van der Waals surface area contributed by atoms with Gasteiger partial charge in [-0.15, -0.1) is 0 Å². The summed E-state index contributed by atoms with van der Waals surface area (Å²) in [5.41, 5.74) is 1.18. The standard InChI is InChI=1S/C13H21N3O2S/c1-3-10-8-14-13(19-9-12(17)18)16(10)7-6-15(2)11-4-5-11/h8,11H,3-7,9H2,1-2H3,(H,17,18). The van der Waals surface area contributed by atoms with E-state index < -0.39 is 5.97 Å². The molecule has 19 heavy (non-hydrogen) atoms. The van der Waals surface area contributed by atoms with Crippen molar-refractivity contribution in [3.8, 4) is 0 Å². The second-order valence-corrected chi connectivity index (χ2v) is 5.87. The Morgan fingerprint density at radius 2 is 2.37 bits per heavy atom. The molecule has 1 aliphatic rings. The lowest BCUT2D eigenvalue weighted by Crippen LogP contribution is -2.26. The molecule has 106 valence electrons. The van der Waals surface area contributed by atoms with Crippen LogP contribution in [0.15, 0.2) is 11.4 Å². The number of likely N-dealkylation sites (N-methyl/N-ethyl adjacent to an activating group) is 1. The van der Waals surface area contributed by atoms with Crippen LogP contribution in [-0.2, 0) is 17.8 Å². The van der Waals surface area contributed by atoms with Gasteiger partial charge >= 0.3 is 5.97 Å². The van der Waals surface area contributed by atoms with Gasteiger partial charge in [-0.1, -0.05) is 18.7 Å². The average molecular weight is 283 g/mol. The fourth-order valence-electron chi connectivity index (χ4n) is 2.11. The molecule has 1 aromatic rings. The summed E-state index contributed by atoms with van der Waals surface area (Å²) < 4.78 is 2.16. The zero-order valence-electron chi connectivity index (χ0n) is 11.5. The maximum absolute atomic E-state index is 10.7.